The Morgan fingerprint density at radius 2 is 2.04 bits per heavy atom. The average molecular weight is 362 g/mol. The predicted octanol–water partition coefficient (Wildman–Crippen LogP) is 3.35. The van der Waals surface area contributed by atoms with Crippen molar-refractivity contribution in [1.29, 1.82) is 0 Å². The smallest absolute Gasteiger partial charge is 0.339 e. The lowest BCUT2D eigenvalue weighted by atomic mass is 10.0. The van der Waals surface area contributed by atoms with E-state index >= 15 is 0 Å². The largest absolute Gasteiger partial charge is 0.465 e. The molecule has 136 valence electrons. The third-order valence-corrected chi connectivity index (χ3v) is 4.69. The Bertz CT molecular complexity index is 1070. The number of furan rings is 1. The fourth-order valence-electron chi connectivity index (χ4n) is 3.33. The molecule has 0 aliphatic heterocycles. The summed E-state index contributed by atoms with van der Waals surface area (Å²) in [6.45, 7) is 1.46. The minimum atomic E-state index is -1.00. The van der Waals surface area contributed by atoms with Gasteiger partial charge in [-0.15, -0.1) is 0 Å². The van der Waals surface area contributed by atoms with Crippen molar-refractivity contribution in [3.05, 3.63) is 65.2 Å². The lowest BCUT2D eigenvalue weighted by Gasteiger charge is -2.14. The molecule has 1 aliphatic rings. The monoisotopic (exact) mass is 362 g/mol. The molecule has 0 spiro atoms. The summed E-state index contributed by atoms with van der Waals surface area (Å²) in [5.41, 5.74) is 8.98. The molecule has 2 N–H and O–H groups in total. The van der Waals surface area contributed by atoms with E-state index in [1.807, 2.05) is 42.5 Å². The van der Waals surface area contributed by atoms with Gasteiger partial charge in [-0.1, -0.05) is 18.2 Å². The van der Waals surface area contributed by atoms with Crippen LogP contribution in [0.25, 0.3) is 22.6 Å². The fraction of sp³-hybridized carbons (Fsp3) is 0.190. The molecule has 2 aromatic heterocycles. The Hall–Kier alpha value is -3.41. The number of amides is 1. The molecule has 1 aromatic carbocycles. The Kier molecular flexibility index (Phi) is 4.24. The van der Waals surface area contributed by atoms with Gasteiger partial charge in [0.2, 0.25) is 0 Å². The highest BCUT2D eigenvalue weighted by Crippen LogP contribution is 2.37. The number of rotatable bonds is 4. The number of hydrogen-bond acceptors (Lipinski definition) is 5. The van der Waals surface area contributed by atoms with Crippen LogP contribution >= 0.6 is 0 Å². The lowest BCUT2D eigenvalue weighted by Crippen LogP contribution is -2.30. The summed E-state index contributed by atoms with van der Waals surface area (Å²) in [7, 11) is 0. The predicted molar refractivity (Wildman–Crippen MR) is 101 cm³/mol. The van der Waals surface area contributed by atoms with E-state index in [0.29, 0.717) is 22.9 Å². The summed E-state index contributed by atoms with van der Waals surface area (Å²) in [5, 5.41) is 0.706. The summed E-state index contributed by atoms with van der Waals surface area (Å²) < 4.78 is 10.7. The Morgan fingerprint density at radius 1 is 1.22 bits per heavy atom. The van der Waals surface area contributed by atoms with Crippen LogP contribution in [0.5, 0.6) is 0 Å². The number of carbonyl (C=O) groups excluding carboxylic acids is 2. The van der Waals surface area contributed by atoms with Crippen LogP contribution in [0.3, 0.4) is 0 Å². The number of allylic oxidation sites excluding steroid dienone is 1. The number of para-hydroxylation sites is 1. The number of benzene rings is 1. The molecule has 0 saturated carbocycles. The summed E-state index contributed by atoms with van der Waals surface area (Å²) in [6.07, 6.45) is 3.96. The normalized spacial score (nSPS) is 15.7. The quantitative estimate of drug-likeness (QED) is 0.718. The van der Waals surface area contributed by atoms with Gasteiger partial charge in [0.15, 0.2) is 6.10 Å². The van der Waals surface area contributed by atoms with Crippen LogP contribution in [-0.4, -0.2) is 23.0 Å². The van der Waals surface area contributed by atoms with Crippen LogP contribution in [0.1, 0.15) is 40.7 Å². The second-order valence-corrected chi connectivity index (χ2v) is 6.47. The summed E-state index contributed by atoms with van der Waals surface area (Å²) in [6, 6.07) is 11.1. The number of nitrogens with zero attached hydrogens (tertiary/aromatic N) is 1. The van der Waals surface area contributed by atoms with E-state index in [-0.39, 0.29) is 0 Å². The first-order valence-electron chi connectivity index (χ1n) is 8.71. The third-order valence-electron chi connectivity index (χ3n) is 4.69. The van der Waals surface area contributed by atoms with Gasteiger partial charge in [-0.25, -0.2) is 9.78 Å². The van der Waals surface area contributed by atoms with Crippen molar-refractivity contribution in [2.24, 2.45) is 5.73 Å². The number of nitrogens with two attached hydrogens (primary N) is 1. The number of pyridine rings is 1. The van der Waals surface area contributed by atoms with Gasteiger partial charge in [0, 0.05) is 5.39 Å². The number of fused-ring (bicyclic) bond motifs is 2. The number of ether oxygens (including phenoxy) is 1. The topological polar surface area (TPSA) is 95.4 Å². The first-order chi connectivity index (χ1) is 13.0. The van der Waals surface area contributed by atoms with Gasteiger partial charge in [-0.05, 0) is 55.2 Å². The SMILES string of the molecule is C[C@@H](OC(=O)c1c2c(nc3ccccc13)/C(=C/c1ccco1)CC2)C(N)=O. The second kappa shape index (κ2) is 6.72. The zero-order valence-electron chi connectivity index (χ0n) is 14.8. The summed E-state index contributed by atoms with van der Waals surface area (Å²) in [5.74, 6) is -0.508. The Labute approximate surface area is 155 Å². The van der Waals surface area contributed by atoms with Gasteiger partial charge >= 0.3 is 5.97 Å². The van der Waals surface area contributed by atoms with Crippen molar-refractivity contribution in [2.75, 3.05) is 0 Å². The molecule has 1 aliphatic carbocycles. The van der Waals surface area contributed by atoms with Crippen molar-refractivity contribution in [2.45, 2.75) is 25.9 Å². The van der Waals surface area contributed by atoms with Crippen molar-refractivity contribution in [3.63, 3.8) is 0 Å². The number of esters is 1. The van der Waals surface area contributed by atoms with Crippen LogP contribution < -0.4 is 5.73 Å². The maximum atomic E-state index is 12.9. The molecule has 0 bridgehead atoms. The summed E-state index contributed by atoms with van der Waals surface area (Å²) in [4.78, 5) is 28.9. The highest BCUT2D eigenvalue weighted by Gasteiger charge is 2.29. The number of hydrogen-bond donors (Lipinski definition) is 1. The lowest BCUT2D eigenvalue weighted by molar-refractivity contribution is -0.125. The Morgan fingerprint density at radius 3 is 2.78 bits per heavy atom. The molecule has 0 unspecified atom stereocenters. The maximum absolute atomic E-state index is 12.9. The zero-order chi connectivity index (χ0) is 19.0. The van der Waals surface area contributed by atoms with Crippen LogP contribution in [0.15, 0.2) is 47.1 Å². The second-order valence-electron chi connectivity index (χ2n) is 6.47. The summed E-state index contributed by atoms with van der Waals surface area (Å²) >= 11 is 0. The van der Waals surface area contributed by atoms with Crippen LogP contribution in [0.4, 0.5) is 0 Å². The molecule has 27 heavy (non-hydrogen) atoms. The highest BCUT2D eigenvalue weighted by atomic mass is 16.5. The molecule has 4 rings (SSSR count). The van der Waals surface area contributed by atoms with Gasteiger partial charge < -0.3 is 14.9 Å². The fourth-order valence-corrected chi connectivity index (χ4v) is 3.33. The van der Waals surface area contributed by atoms with E-state index in [9.17, 15) is 9.59 Å². The van der Waals surface area contributed by atoms with E-state index in [0.717, 1.165) is 29.0 Å². The van der Waals surface area contributed by atoms with Crippen molar-refractivity contribution < 1.29 is 18.7 Å². The van der Waals surface area contributed by atoms with E-state index in [4.69, 9.17) is 19.9 Å². The molecule has 6 heteroatoms. The van der Waals surface area contributed by atoms with Crippen molar-refractivity contribution in [1.82, 2.24) is 4.98 Å². The number of aromatic nitrogens is 1. The molecule has 3 aromatic rings. The van der Waals surface area contributed by atoms with Crippen molar-refractivity contribution in [3.8, 4) is 0 Å². The van der Waals surface area contributed by atoms with E-state index in [2.05, 4.69) is 0 Å². The average Bonchev–Trinajstić information content (AvgIpc) is 3.30. The van der Waals surface area contributed by atoms with Gasteiger partial charge in [0.05, 0.1) is 23.0 Å². The van der Waals surface area contributed by atoms with Crippen LogP contribution in [0.2, 0.25) is 0 Å². The molecule has 1 amide bonds. The highest BCUT2D eigenvalue weighted by molar-refractivity contribution is 6.07. The third kappa shape index (κ3) is 3.10. The van der Waals surface area contributed by atoms with Crippen LogP contribution in [0, 0.1) is 0 Å². The van der Waals surface area contributed by atoms with Crippen molar-refractivity contribution >= 4 is 34.4 Å². The molecule has 6 nitrogen and oxygen atoms in total. The van der Waals surface area contributed by atoms with E-state index < -0.39 is 18.0 Å². The Balaban J connectivity index is 1.86. The first kappa shape index (κ1) is 17.0. The van der Waals surface area contributed by atoms with E-state index in [1.54, 1.807) is 6.26 Å². The molecule has 1 atom stereocenters. The molecule has 0 radical (unpaired) electrons. The molecule has 0 fully saturated rings. The standard InChI is InChI=1S/C21H18N2O4/c1-12(20(22)24)27-21(25)18-15-6-2-3-7-17(15)23-19-13(8-9-16(18)19)11-14-5-4-10-26-14/h2-7,10-12H,8-9H2,1H3,(H2,22,24)/b13-11+/t12-/m1/s1. The zero-order valence-corrected chi connectivity index (χ0v) is 14.8. The molecular formula is C21H18N2O4. The minimum Gasteiger partial charge on any atom is -0.465 e. The van der Waals surface area contributed by atoms with Gasteiger partial charge in [-0.2, -0.15) is 0 Å². The number of carbonyl (C=O) groups is 2. The van der Waals surface area contributed by atoms with Gasteiger partial charge in [-0.3, -0.25) is 4.79 Å². The van der Waals surface area contributed by atoms with E-state index in [1.165, 1.54) is 6.92 Å². The van der Waals surface area contributed by atoms with Crippen LogP contribution in [-0.2, 0) is 16.0 Å². The number of primary amides is 1. The van der Waals surface area contributed by atoms with Gasteiger partial charge in [0.25, 0.3) is 5.91 Å². The van der Waals surface area contributed by atoms with Gasteiger partial charge in [0.1, 0.15) is 5.76 Å². The minimum absolute atomic E-state index is 0.451. The first-order valence-corrected chi connectivity index (χ1v) is 8.71. The molecular weight excluding hydrogens is 344 g/mol. The maximum Gasteiger partial charge on any atom is 0.339 e. The molecule has 2 heterocycles. The molecule has 0 saturated heterocycles.